The third-order valence-electron chi connectivity index (χ3n) is 1.11. The minimum absolute atomic E-state index is 0. The van der Waals surface area contributed by atoms with E-state index < -0.39 is 5.97 Å². The highest BCUT2D eigenvalue weighted by Crippen LogP contribution is 2.08. The summed E-state index contributed by atoms with van der Waals surface area (Å²) in [7, 11) is 0. The van der Waals surface area contributed by atoms with Crippen LogP contribution in [0.15, 0.2) is 24.3 Å². The molecule has 0 atom stereocenters. The van der Waals surface area contributed by atoms with Gasteiger partial charge in [-0.1, -0.05) is 0 Å². The Morgan fingerprint density at radius 2 is 1.50 bits per heavy atom. The maximum atomic E-state index is 10.2. The first-order chi connectivity index (χ1) is 4.70. The normalized spacial score (nSPS) is 7.67. The van der Waals surface area contributed by atoms with Crippen LogP contribution in [0.25, 0.3) is 0 Å². The van der Waals surface area contributed by atoms with Crippen molar-refractivity contribution in [1.82, 2.24) is 0 Å². The average Bonchev–Trinajstić information content (AvgIpc) is 1.88. The van der Waals surface area contributed by atoms with Crippen LogP contribution >= 0.6 is 0 Å². The predicted molar refractivity (Wildman–Crippen MR) is 42.3 cm³/mol. The standard InChI is InChI=1S/C7H6O3.2H2O/c8-6-3-1-5(2-4-6)7(9)10;;/h1-4,8H,(H,9,10);2*1H2. The van der Waals surface area contributed by atoms with Crippen molar-refractivity contribution >= 4 is 5.97 Å². The molecule has 0 fully saturated rings. The fourth-order valence-electron chi connectivity index (χ4n) is 0.604. The number of hydrogen-bond donors (Lipinski definition) is 2. The van der Waals surface area contributed by atoms with Crippen LogP contribution in [-0.4, -0.2) is 27.1 Å². The fraction of sp³-hybridized carbons (Fsp3) is 0. The van der Waals surface area contributed by atoms with E-state index in [1.807, 2.05) is 0 Å². The molecule has 0 aliphatic carbocycles. The van der Waals surface area contributed by atoms with E-state index in [1.165, 1.54) is 24.3 Å². The molecule has 0 aromatic heterocycles. The molecule has 0 unspecified atom stereocenters. The summed E-state index contributed by atoms with van der Waals surface area (Å²) >= 11 is 0. The average molecular weight is 174 g/mol. The lowest BCUT2D eigenvalue weighted by molar-refractivity contribution is 0.0697. The summed E-state index contributed by atoms with van der Waals surface area (Å²) in [4.78, 5) is 10.2. The van der Waals surface area contributed by atoms with Gasteiger partial charge >= 0.3 is 5.97 Å². The van der Waals surface area contributed by atoms with Crippen LogP contribution in [0, 0.1) is 0 Å². The topological polar surface area (TPSA) is 121 Å². The Balaban J connectivity index is 0. The molecule has 1 rings (SSSR count). The van der Waals surface area contributed by atoms with Crippen LogP contribution in [0.1, 0.15) is 10.4 Å². The van der Waals surface area contributed by atoms with E-state index in [1.54, 1.807) is 0 Å². The number of phenols is 1. The first-order valence-corrected chi connectivity index (χ1v) is 2.72. The summed E-state index contributed by atoms with van der Waals surface area (Å²) < 4.78 is 0. The maximum absolute atomic E-state index is 10.2. The molecule has 0 spiro atoms. The van der Waals surface area contributed by atoms with Crippen molar-refractivity contribution in [3.05, 3.63) is 29.8 Å². The Bertz CT molecular complexity index is 240. The molecule has 0 heterocycles. The van der Waals surface area contributed by atoms with Crippen molar-refractivity contribution < 1.29 is 26.0 Å². The second kappa shape index (κ2) is 5.11. The van der Waals surface area contributed by atoms with Crippen LogP contribution in [0.3, 0.4) is 0 Å². The lowest BCUT2D eigenvalue weighted by atomic mass is 10.2. The molecule has 5 nitrogen and oxygen atoms in total. The second-order valence-electron chi connectivity index (χ2n) is 1.85. The predicted octanol–water partition coefficient (Wildman–Crippen LogP) is -0.559. The molecule has 1 aromatic carbocycles. The molecule has 0 saturated heterocycles. The molecule has 5 heteroatoms. The van der Waals surface area contributed by atoms with E-state index in [4.69, 9.17) is 10.2 Å². The van der Waals surface area contributed by atoms with Gasteiger partial charge in [0.1, 0.15) is 5.75 Å². The van der Waals surface area contributed by atoms with Crippen LogP contribution in [0.4, 0.5) is 0 Å². The molecule has 0 aliphatic rings. The van der Waals surface area contributed by atoms with Gasteiger partial charge in [-0.3, -0.25) is 0 Å². The first kappa shape index (κ1) is 13.0. The van der Waals surface area contributed by atoms with Crippen molar-refractivity contribution in [2.45, 2.75) is 0 Å². The summed E-state index contributed by atoms with van der Waals surface area (Å²) in [6.45, 7) is 0. The number of rotatable bonds is 1. The molecule has 68 valence electrons. The number of carboxylic acid groups (broad SMARTS) is 1. The van der Waals surface area contributed by atoms with Gasteiger partial charge < -0.3 is 21.2 Å². The van der Waals surface area contributed by atoms with Crippen molar-refractivity contribution in [2.24, 2.45) is 0 Å². The summed E-state index contributed by atoms with van der Waals surface area (Å²) in [5, 5.41) is 17.1. The number of aromatic hydroxyl groups is 1. The van der Waals surface area contributed by atoms with Crippen LogP contribution < -0.4 is 0 Å². The van der Waals surface area contributed by atoms with Gasteiger partial charge in [0.05, 0.1) is 5.56 Å². The Labute approximate surface area is 68.5 Å². The Morgan fingerprint density at radius 3 is 1.83 bits per heavy atom. The highest BCUT2D eigenvalue weighted by Gasteiger charge is 1.99. The monoisotopic (exact) mass is 174 g/mol. The van der Waals surface area contributed by atoms with Gasteiger partial charge in [0.2, 0.25) is 0 Å². The molecule has 0 bridgehead atoms. The zero-order chi connectivity index (χ0) is 7.56. The van der Waals surface area contributed by atoms with E-state index in [9.17, 15) is 4.79 Å². The summed E-state index contributed by atoms with van der Waals surface area (Å²) in [6.07, 6.45) is 0. The molecule has 1 aromatic rings. The van der Waals surface area contributed by atoms with Gasteiger partial charge in [0.15, 0.2) is 0 Å². The molecule has 12 heavy (non-hydrogen) atoms. The highest BCUT2D eigenvalue weighted by molar-refractivity contribution is 5.87. The van der Waals surface area contributed by atoms with Gasteiger partial charge in [0, 0.05) is 0 Å². The number of carboxylic acids is 1. The van der Waals surface area contributed by atoms with Gasteiger partial charge in [-0.25, -0.2) is 4.79 Å². The Morgan fingerprint density at radius 1 is 1.08 bits per heavy atom. The van der Waals surface area contributed by atoms with Gasteiger partial charge in [-0.2, -0.15) is 0 Å². The largest absolute Gasteiger partial charge is 0.508 e. The first-order valence-electron chi connectivity index (χ1n) is 2.72. The van der Waals surface area contributed by atoms with E-state index in [0.717, 1.165) is 0 Å². The molecule has 0 saturated carbocycles. The summed E-state index contributed by atoms with van der Waals surface area (Å²) in [5.74, 6) is -0.912. The molecule has 0 radical (unpaired) electrons. The zero-order valence-corrected chi connectivity index (χ0v) is 6.11. The minimum atomic E-state index is -0.986. The Kier molecular flexibility index (Phi) is 5.55. The molecular formula is C7H10O5. The third kappa shape index (κ3) is 3.00. The van der Waals surface area contributed by atoms with Crippen molar-refractivity contribution in [3.8, 4) is 5.75 Å². The SMILES string of the molecule is O.O.O=C(O)c1ccc(O)cc1. The number of hydrogen-bond acceptors (Lipinski definition) is 2. The fourth-order valence-corrected chi connectivity index (χ4v) is 0.604. The van der Waals surface area contributed by atoms with Crippen LogP contribution in [0.2, 0.25) is 0 Å². The molecular weight excluding hydrogens is 164 g/mol. The number of carbonyl (C=O) groups is 1. The van der Waals surface area contributed by atoms with Crippen molar-refractivity contribution in [3.63, 3.8) is 0 Å². The lowest BCUT2D eigenvalue weighted by Crippen LogP contribution is -1.93. The van der Waals surface area contributed by atoms with Crippen molar-refractivity contribution in [1.29, 1.82) is 0 Å². The quantitative estimate of drug-likeness (QED) is 0.593. The molecule has 6 N–H and O–H groups in total. The van der Waals surface area contributed by atoms with Gasteiger partial charge in [-0.15, -0.1) is 0 Å². The zero-order valence-electron chi connectivity index (χ0n) is 6.11. The Hall–Kier alpha value is -1.59. The van der Waals surface area contributed by atoms with E-state index >= 15 is 0 Å². The maximum Gasteiger partial charge on any atom is 0.335 e. The van der Waals surface area contributed by atoms with Crippen LogP contribution in [0.5, 0.6) is 5.75 Å². The smallest absolute Gasteiger partial charge is 0.335 e. The van der Waals surface area contributed by atoms with Gasteiger partial charge in [0.25, 0.3) is 0 Å². The molecule has 0 aliphatic heterocycles. The van der Waals surface area contributed by atoms with E-state index in [2.05, 4.69) is 0 Å². The number of aromatic carboxylic acids is 1. The molecule has 0 amide bonds. The van der Waals surface area contributed by atoms with E-state index in [0.29, 0.717) is 0 Å². The lowest BCUT2D eigenvalue weighted by Gasteiger charge is -1.92. The number of phenolic OH excluding ortho intramolecular Hbond substituents is 1. The summed E-state index contributed by atoms with van der Waals surface area (Å²) in [5.41, 5.74) is 0.179. The summed E-state index contributed by atoms with van der Waals surface area (Å²) in [6, 6.07) is 5.36. The highest BCUT2D eigenvalue weighted by atomic mass is 16.4. The van der Waals surface area contributed by atoms with Crippen LogP contribution in [-0.2, 0) is 0 Å². The van der Waals surface area contributed by atoms with E-state index in [-0.39, 0.29) is 22.3 Å². The second-order valence-corrected chi connectivity index (χ2v) is 1.85. The van der Waals surface area contributed by atoms with Crippen molar-refractivity contribution in [2.75, 3.05) is 0 Å². The third-order valence-corrected chi connectivity index (χ3v) is 1.11. The minimum Gasteiger partial charge on any atom is -0.508 e. The number of benzene rings is 1. The van der Waals surface area contributed by atoms with Gasteiger partial charge in [-0.05, 0) is 24.3 Å².